The molecule has 0 aliphatic heterocycles. The minimum absolute atomic E-state index is 0.792. The molecule has 0 aromatic carbocycles. The zero-order valence-electron chi connectivity index (χ0n) is 10.8. The van der Waals surface area contributed by atoms with E-state index >= 15 is 0 Å². The van der Waals surface area contributed by atoms with Crippen molar-refractivity contribution in [2.45, 2.75) is 71.6 Å². The SMILES string of the molecule is CCCCCCC/C(=C/C(=O)O)CCCC. The van der Waals surface area contributed by atoms with E-state index in [1.807, 2.05) is 0 Å². The van der Waals surface area contributed by atoms with Gasteiger partial charge in [-0.3, -0.25) is 0 Å². The molecule has 16 heavy (non-hydrogen) atoms. The van der Waals surface area contributed by atoms with Gasteiger partial charge in [0.15, 0.2) is 0 Å². The van der Waals surface area contributed by atoms with Crippen LogP contribution in [-0.2, 0) is 4.79 Å². The molecule has 2 nitrogen and oxygen atoms in total. The Kier molecular flexibility index (Phi) is 10.2. The lowest BCUT2D eigenvalue weighted by atomic mass is 10.0. The van der Waals surface area contributed by atoms with Crippen molar-refractivity contribution in [2.24, 2.45) is 0 Å². The van der Waals surface area contributed by atoms with Gasteiger partial charge in [0.05, 0.1) is 0 Å². The molecule has 1 N–H and O–H groups in total. The van der Waals surface area contributed by atoms with E-state index in [0.29, 0.717) is 0 Å². The third kappa shape index (κ3) is 9.75. The number of carboxylic acids is 1. The number of unbranched alkanes of at least 4 members (excludes halogenated alkanes) is 5. The quantitative estimate of drug-likeness (QED) is 0.438. The zero-order chi connectivity index (χ0) is 12.2. The Balaban J connectivity index is 3.79. The Morgan fingerprint density at radius 3 is 2.06 bits per heavy atom. The number of hydrogen-bond donors (Lipinski definition) is 1. The minimum Gasteiger partial charge on any atom is -0.478 e. The lowest BCUT2D eigenvalue weighted by molar-refractivity contribution is -0.131. The van der Waals surface area contributed by atoms with Crippen LogP contribution in [0.3, 0.4) is 0 Å². The van der Waals surface area contributed by atoms with Crippen LogP contribution in [0.2, 0.25) is 0 Å². The lowest BCUT2D eigenvalue weighted by Crippen LogP contribution is -1.94. The molecule has 94 valence electrons. The Hall–Kier alpha value is -0.790. The van der Waals surface area contributed by atoms with Gasteiger partial charge in [0.2, 0.25) is 0 Å². The Morgan fingerprint density at radius 1 is 0.938 bits per heavy atom. The highest BCUT2D eigenvalue weighted by Gasteiger charge is 2.00. The molecule has 0 amide bonds. The number of hydrogen-bond acceptors (Lipinski definition) is 1. The van der Waals surface area contributed by atoms with Gasteiger partial charge in [0.1, 0.15) is 0 Å². The molecule has 0 aromatic heterocycles. The van der Waals surface area contributed by atoms with E-state index in [-0.39, 0.29) is 0 Å². The molecule has 0 heterocycles. The highest BCUT2D eigenvalue weighted by Crippen LogP contribution is 2.16. The van der Waals surface area contributed by atoms with Crippen LogP contribution in [0.5, 0.6) is 0 Å². The summed E-state index contributed by atoms with van der Waals surface area (Å²) in [5.41, 5.74) is 1.12. The maximum Gasteiger partial charge on any atom is 0.328 e. The molecule has 2 heteroatoms. The average Bonchev–Trinajstić information content (AvgIpc) is 2.24. The van der Waals surface area contributed by atoms with Crippen LogP contribution in [0, 0.1) is 0 Å². The molecular weight excluding hydrogens is 200 g/mol. The van der Waals surface area contributed by atoms with Crippen molar-refractivity contribution in [1.29, 1.82) is 0 Å². The summed E-state index contributed by atoms with van der Waals surface area (Å²) in [6.07, 6.45) is 11.8. The first-order valence-corrected chi connectivity index (χ1v) is 6.63. The largest absolute Gasteiger partial charge is 0.478 e. The van der Waals surface area contributed by atoms with Crippen LogP contribution in [0.1, 0.15) is 71.6 Å². The zero-order valence-corrected chi connectivity index (χ0v) is 10.8. The van der Waals surface area contributed by atoms with Gasteiger partial charge in [-0.2, -0.15) is 0 Å². The second-order valence-electron chi connectivity index (χ2n) is 4.41. The van der Waals surface area contributed by atoms with E-state index in [0.717, 1.165) is 37.7 Å². The lowest BCUT2D eigenvalue weighted by Gasteiger charge is -2.05. The third-order valence-electron chi connectivity index (χ3n) is 2.78. The van der Waals surface area contributed by atoms with Crippen LogP contribution >= 0.6 is 0 Å². The van der Waals surface area contributed by atoms with Gasteiger partial charge in [-0.05, 0) is 25.7 Å². The van der Waals surface area contributed by atoms with Crippen LogP contribution in [0.4, 0.5) is 0 Å². The van der Waals surface area contributed by atoms with Gasteiger partial charge in [0.25, 0.3) is 0 Å². The predicted molar refractivity (Wildman–Crippen MR) is 68.6 cm³/mol. The minimum atomic E-state index is -0.792. The Labute approximate surface area is 99.7 Å². The standard InChI is InChI=1S/C14H26O2/c1-3-5-7-8-9-11-13(10-6-4-2)12-14(15)16/h12H,3-11H2,1-2H3,(H,15,16)/b13-12+. The van der Waals surface area contributed by atoms with Gasteiger partial charge in [-0.15, -0.1) is 0 Å². The number of rotatable bonds is 10. The normalized spacial score (nSPS) is 11.8. The van der Waals surface area contributed by atoms with Gasteiger partial charge >= 0.3 is 5.97 Å². The van der Waals surface area contributed by atoms with Crippen LogP contribution in [0.15, 0.2) is 11.6 Å². The molecule has 0 saturated heterocycles. The Bertz CT molecular complexity index is 207. The predicted octanol–water partition coefficient (Wildman–Crippen LogP) is 4.55. The van der Waals surface area contributed by atoms with E-state index < -0.39 is 5.97 Å². The fourth-order valence-corrected chi connectivity index (χ4v) is 1.80. The van der Waals surface area contributed by atoms with E-state index in [9.17, 15) is 4.79 Å². The number of carbonyl (C=O) groups is 1. The summed E-state index contributed by atoms with van der Waals surface area (Å²) in [6, 6.07) is 0. The Morgan fingerprint density at radius 2 is 1.50 bits per heavy atom. The van der Waals surface area contributed by atoms with Gasteiger partial charge < -0.3 is 5.11 Å². The fraction of sp³-hybridized carbons (Fsp3) is 0.786. The average molecular weight is 226 g/mol. The molecule has 0 fully saturated rings. The van der Waals surface area contributed by atoms with E-state index in [2.05, 4.69) is 13.8 Å². The summed E-state index contributed by atoms with van der Waals surface area (Å²) in [7, 11) is 0. The van der Waals surface area contributed by atoms with Crippen LogP contribution in [0.25, 0.3) is 0 Å². The first-order chi connectivity index (χ1) is 7.70. The molecule has 0 aromatic rings. The van der Waals surface area contributed by atoms with Crippen molar-refractivity contribution in [3.8, 4) is 0 Å². The maximum atomic E-state index is 10.6. The molecule has 0 aliphatic rings. The van der Waals surface area contributed by atoms with Gasteiger partial charge in [-0.25, -0.2) is 4.79 Å². The summed E-state index contributed by atoms with van der Waals surface area (Å²) >= 11 is 0. The highest BCUT2D eigenvalue weighted by atomic mass is 16.4. The molecule has 0 saturated carbocycles. The molecule has 0 unspecified atom stereocenters. The molecule has 0 rings (SSSR count). The molecule has 0 bridgehead atoms. The van der Waals surface area contributed by atoms with Gasteiger partial charge in [-0.1, -0.05) is 51.5 Å². The first kappa shape index (κ1) is 15.2. The number of allylic oxidation sites excluding steroid dienone is 1. The second-order valence-corrected chi connectivity index (χ2v) is 4.41. The number of aliphatic carboxylic acids is 1. The topological polar surface area (TPSA) is 37.3 Å². The third-order valence-corrected chi connectivity index (χ3v) is 2.78. The monoisotopic (exact) mass is 226 g/mol. The summed E-state index contributed by atoms with van der Waals surface area (Å²) in [4.78, 5) is 10.6. The number of carboxylic acid groups (broad SMARTS) is 1. The summed E-state index contributed by atoms with van der Waals surface area (Å²) in [5.74, 6) is -0.792. The van der Waals surface area contributed by atoms with Gasteiger partial charge in [0, 0.05) is 6.08 Å². The molecule has 0 aliphatic carbocycles. The van der Waals surface area contributed by atoms with Crippen molar-refractivity contribution >= 4 is 5.97 Å². The van der Waals surface area contributed by atoms with Crippen LogP contribution < -0.4 is 0 Å². The van der Waals surface area contributed by atoms with E-state index in [1.54, 1.807) is 0 Å². The summed E-state index contributed by atoms with van der Waals surface area (Å²) in [6.45, 7) is 4.34. The van der Waals surface area contributed by atoms with Crippen molar-refractivity contribution in [2.75, 3.05) is 0 Å². The highest BCUT2D eigenvalue weighted by molar-refractivity contribution is 5.80. The van der Waals surface area contributed by atoms with Crippen molar-refractivity contribution in [3.63, 3.8) is 0 Å². The summed E-state index contributed by atoms with van der Waals surface area (Å²) in [5, 5.41) is 8.75. The van der Waals surface area contributed by atoms with Crippen LogP contribution in [-0.4, -0.2) is 11.1 Å². The van der Waals surface area contributed by atoms with E-state index in [1.165, 1.54) is 31.8 Å². The maximum absolute atomic E-state index is 10.6. The fourth-order valence-electron chi connectivity index (χ4n) is 1.80. The molecule has 0 radical (unpaired) electrons. The first-order valence-electron chi connectivity index (χ1n) is 6.63. The van der Waals surface area contributed by atoms with E-state index in [4.69, 9.17) is 5.11 Å². The smallest absolute Gasteiger partial charge is 0.328 e. The van der Waals surface area contributed by atoms with Crippen molar-refractivity contribution in [1.82, 2.24) is 0 Å². The van der Waals surface area contributed by atoms with Crippen molar-refractivity contribution in [3.05, 3.63) is 11.6 Å². The summed E-state index contributed by atoms with van der Waals surface area (Å²) < 4.78 is 0. The molecule has 0 atom stereocenters. The molecular formula is C14H26O2. The second kappa shape index (κ2) is 10.7. The molecule has 0 spiro atoms. The van der Waals surface area contributed by atoms with Crippen molar-refractivity contribution < 1.29 is 9.90 Å².